The first-order valence-corrected chi connectivity index (χ1v) is 8.36. The number of sulfone groups is 1. The predicted octanol–water partition coefficient (Wildman–Crippen LogP) is 1.93. The van der Waals surface area contributed by atoms with Crippen LogP contribution in [0.1, 0.15) is 31.9 Å². The standard InChI is InChI=1S/C14H21NO3S/c1-11(2)9-13(12-7-5-4-6-8-12)15-14(16)10-19(3,17)18/h4-8,11,13H,9-10H2,1-3H3,(H,15,16)/t13-/m1/s1. The van der Waals surface area contributed by atoms with Gasteiger partial charge in [-0.05, 0) is 17.9 Å². The Bertz CT molecular complexity index is 509. The third-order valence-corrected chi connectivity index (χ3v) is 3.42. The quantitative estimate of drug-likeness (QED) is 0.867. The van der Waals surface area contributed by atoms with Crippen molar-refractivity contribution in [2.24, 2.45) is 5.92 Å². The van der Waals surface area contributed by atoms with E-state index in [0.29, 0.717) is 5.92 Å². The van der Waals surface area contributed by atoms with Gasteiger partial charge in [0.25, 0.3) is 0 Å². The fourth-order valence-electron chi connectivity index (χ4n) is 1.91. The Morgan fingerprint density at radius 1 is 1.21 bits per heavy atom. The van der Waals surface area contributed by atoms with E-state index in [0.717, 1.165) is 18.2 Å². The van der Waals surface area contributed by atoms with Gasteiger partial charge in [0, 0.05) is 6.26 Å². The summed E-state index contributed by atoms with van der Waals surface area (Å²) in [5.41, 5.74) is 0.998. The van der Waals surface area contributed by atoms with Gasteiger partial charge in [-0.25, -0.2) is 8.42 Å². The monoisotopic (exact) mass is 283 g/mol. The normalized spacial score (nSPS) is 13.3. The molecular formula is C14H21NO3S. The molecule has 1 atom stereocenters. The van der Waals surface area contributed by atoms with Crippen LogP contribution in [0.3, 0.4) is 0 Å². The van der Waals surface area contributed by atoms with Gasteiger partial charge in [-0.3, -0.25) is 4.79 Å². The molecule has 0 aromatic heterocycles. The highest BCUT2D eigenvalue weighted by atomic mass is 32.2. The molecule has 0 radical (unpaired) electrons. The van der Waals surface area contributed by atoms with Crippen LogP contribution in [0.4, 0.5) is 0 Å². The molecule has 1 aromatic carbocycles. The summed E-state index contributed by atoms with van der Waals surface area (Å²) in [5, 5.41) is 2.80. The lowest BCUT2D eigenvalue weighted by Gasteiger charge is -2.21. The van der Waals surface area contributed by atoms with E-state index < -0.39 is 21.5 Å². The molecule has 106 valence electrons. The highest BCUT2D eigenvalue weighted by Gasteiger charge is 2.18. The molecule has 0 unspecified atom stereocenters. The van der Waals surface area contributed by atoms with Crippen molar-refractivity contribution in [1.29, 1.82) is 0 Å². The van der Waals surface area contributed by atoms with Crippen molar-refractivity contribution in [1.82, 2.24) is 5.32 Å². The Labute approximate surface area is 115 Å². The SMILES string of the molecule is CC(C)C[C@@H](NC(=O)CS(C)(=O)=O)c1ccccc1. The van der Waals surface area contributed by atoms with Crippen LogP contribution in [0.2, 0.25) is 0 Å². The van der Waals surface area contributed by atoms with E-state index in [9.17, 15) is 13.2 Å². The van der Waals surface area contributed by atoms with Gasteiger partial charge in [-0.2, -0.15) is 0 Å². The topological polar surface area (TPSA) is 63.2 Å². The minimum Gasteiger partial charge on any atom is -0.348 e. The molecule has 0 saturated carbocycles. The third kappa shape index (κ3) is 6.38. The van der Waals surface area contributed by atoms with E-state index in [-0.39, 0.29) is 6.04 Å². The number of rotatable bonds is 6. The molecule has 0 aliphatic rings. The van der Waals surface area contributed by atoms with Crippen LogP contribution in [0, 0.1) is 5.92 Å². The number of benzene rings is 1. The van der Waals surface area contributed by atoms with Crippen molar-refractivity contribution in [3.05, 3.63) is 35.9 Å². The predicted molar refractivity (Wildman–Crippen MR) is 76.5 cm³/mol. The van der Waals surface area contributed by atoms with E-state index in [1.165, 1.54) is 0 Å². The molecule has 0 aliphatic heterocycles. The zero-order chi connectivity index (χ0) is 14.5. The summed E-state index contributed by atoms with van der Waals surface area (Å²) in [4.78, 5) is 11.7. The maximum absolute atomic E-state index is 11.7. The summed E-state index contributed by atoms with van der Waals surface area (Å²) < 4.78 is 22.2. The molecule has 19 heavy (non-hydrogen) atoms. The molecule has 0 fully saturated rings. The summed E-state index contributed by atoms with van der Waals surface area (Å²) in [6, 6.07) is 9.46. The van der Waals surface area contributed by atoms with Gasteiger partial charge in [0.1, 0.15) is 5.75 Å². The van der Waals surface area contributed by atoms with E-state index in [1.54, 1.807) is 0 Å². The van der Waals surface area contributed by atoms with Crippen molar-refractivity contribution >= 4 is 15.7 Å². The summed E-state index contributed by atoms with van der Waals surface area (Å²) in [6.07, 6.45) is 1.84. The first-order chi connectivity index (χ1) is 8.78. The largest absolute Gasteiger partial charge is 0.348 e. The summed E-state index contributed by atoms with van der Waals surface area (Å²) in [5.74, 6) is -0.505. The molecule has 5 heteroatoms. The van der Waals surface area contributed by atoms with E-state index >= 15 is 0 Å². The minimum absolute atomic E-state index is 0.143. The van der Waals surface area contributed by atoms with Crippen molar-refractivity contribution < 1.29 is 13.2 Å². The van der Waals surface area contributed by atoms with Crippen LogP contribution in [-0.2, 0) is 14.6 Å². The molecule has 1 amide bonds. The Kier molecular flexibility index (Phi) is 5.54. The first kappa shape index (κ1) is 15.7. The van der Waals surface area contributed by atoms with Crippen LogP contribution in [0.15, 0.2) is 30.3 Å². The highest BCUT2D eigenvalue weighted by Crippen LogP contribution is 2.20. The van der Waals surface area contributed by atoms with E-state index in [1.807, 2.05) is 30.3 Å². The second kappa shape index (κ2) is 6.70. The molecular weight excluding hydrogens is 262 g/mol. The number of hydrogen-bond donors (Lipinski definition) is 1. The van der Waals surface area contributed by atoms with Crippen LogP contribution < -0.4 is 5.32 Å². The summed E-state index contributed by atoms with van der Waals surface area (Å²) >= 11 is 0. The smallest absolute Gasteiger partial charge is 0.235 e. The molecule has 4 nitrogen and oxygen atoms in total. The maximum Gasteiger partial charge on any atom is 0.235 e. The average Bonchev–Trinajstić information content (AvgIpc) is 2.26. The number of carbonyl (C=O) groups excluding carboxylic acids is 1. The Morgan fingerprint density at radius 3 is 2.26 bits per heavy atom. The second-order valence-corrected chi connectivity index (χ2v) is 7.37. The van der Waals surface area contributed by atoms with Gasteiger partial charge >= 0.3 is 0 Å². The van der Waals surface area contributed by atoms with Crippen molar-refractivity contribution in [3.63, 3.8) is 0 Å². The molecule has 0 aliphatic carbocycles. The summed E-state index contributed by atoms with van der Waals surface area (Å²) in [6.45, 7) is 4.14. The number of nitrogens with one attached hydrogen (secondary N) is 1. The number of hydrogen-bond acceptors (Lipinski definition) is 3. The molecule has 0 heterocycles. The Morgan fingerprint density at radius 2 is 1.79 bits per heavy atom. The molecule has 0 bridgehead atoms. The molecule has 1 aromatic rings. The van der Waals surface area contributed by atoms with Crippen LogP contribution >= 0.6 is 0 Å². The average molecular weight is 283 g/mol. The number of carbonyl (C=O) groups is 1. The van der Waals surface area contributed by atoms with Gasteiger partial charge in [0.15, 0.2) is 9.84 Å². The highest BCUT2D eigenvalue weighted by molar-refractivity contribution is 7.91. The fourth-order valence-corrected chi connectivity index (χ4v) is 2.47. The van der Waals surface area contributed by atoms with Gasteiger partial charge in [0.2, 0.25) is 5.91 Å². The van der Waals surface area contributed by atoms with Crippen molar-refractivity contribution in [2.75, 3.05) is 12.0 Å². The van der Waals surface area contributed by atoms with Gasteiger partial charge in [-0.15, -0.1) is 0 Å². The molecule has 1 N–H and O–H groups in total. The Hall–Kier alpha value is -1.36. The molecule has 1 rings (SSSR count). The van der Waals surface area contributed by atoms with Crippen molar-refractivity contribution in [2.45, 2.75) is 26.3 Å². The van der Waals surface area contributed by atoms with Gasteiger partial charge < -0.3 is 5.32 Å². The Balaban J connectivity index is 2.79. The molecule has 0 saturated heterocycles. The minimum atomic E-state index is -3.29. The van der Waals surface area contributed by atoms with E-state index in [4.69, 9.17) is 0 Å². The lowest BCUT2D eigenvalue weighted by molar-refractivity contribution is -0.119. The van der Waals surface area contributed by atoms with Crippen LogP contribution in [-0.4, -0.2) is 26.3 Å². The zero-order valence-electron chi connectivity index (χ0n) is 11.6. The maximum atomic E-state index is 11.7. The second-order valence-electron chi connectivity index (χ2n) is 5.23. The van der Waals surface area contributed by atoms with Gasteiger partial charge in [-0.1, -0.05) is 44.2 Å². The fraction of sp³-hybridized carbons (Fsp3) is 0.500. The molecule has 0 spiro atoms. The lowest BCUT2D eigenvalue weighted by Crippen LogP contribution is -2.34. The van der Waals surface area contributed by atoms with E-state index in [2.05, 4.69) is 19.2 Å². The van der Waals surface area contributed by atoms with Crippen molar-refractivity contribution in [3.8, 4) is 0 Å². The first-order valence-electron chi connectivity index (χ1n) is 6.30. The summed E-state index contributed by atoms with van der Waals surface area (Å²) in [7, 11) is -3.29. The zero-order valence-corrected chi connectivity index (χ0v) is 12.4. The third-order valence-electron chi connectivity index (χ3n) is 2.64. The van der Waals surface area contributed by atoms with Crippen LogP contribution in [0.25, 0.3) is 0 Å². The lowest BCUT2D eigenvalue weighted by atomic mass is 9.97. The van der Waals surface area contributed by atoms with Crippen LogP contribution in [0.5, 0.6) is 0 Å². The van der Waals surface area contributed by atoms with Gasteiger partial charge in [0.05, 0.1) is 6.04 Å². The number of amides is 1.